The molecular weight excluding hydrogens is 276 g/mol. The van der Waals surface area contributed by atoms with Crippen molar-refractivity contribution < 1.29 is 9.53 Å². The zero-order chi connectivity index (χ0) is 15.5. The summed E-state index contributed by atoms with van der Waals surface area (Å²) in [5, 5.41) is 0. The second-order valence-corrected chi connectivity index (χ2v) is 5.82. The number of nitrogens with zero attached hydrogens (tertiary/aromatic N) is 2. The first-order chi connectivity index (χ1) is 10.6. The minimum Gasteiger partial charge on any atom is -0.471 e. The Morgan fingerprint density at radius 2 is 2.00 bits per heavy atom. The Hall–Kier alpha value is -2.36. The van der Waals surface area contributed by atoms with E-state index < -0.39 is 0 Å². The van der Waals surface area contributed by atoms with E-state index in [0.29, 0.717) is 25.4 Å². The van der Waals surface area contributed by atoms with E-state index in [2.05, 4.69) is 11.1 Å². The monoisotopic (exact) mass is 296 g/mol. The zero-order valence-electron chi connectivity index (χ0n) is 13.0. The summed E-state index contributed by atoms with van der Waals surface area (Å²) < 4.78 is 5.78. The van der Waals surface area contributed by atoms with Crippen molar-refractivity contribution in [2.45, 2.75) is 26.4 Å². The third-order valence-electron chi connectivity index (χ3n) is 3.79. The number of aryl methyl sites for hydroxylation is 2. The van der Waals surface area contributed by atoms with Crippen LogP contribution in [0.3, 0.4) is 0 Å². The van der Waals surface area contributed by atoms with Gasteiger partial charge in [-0.1, -0.05) is 35.9 Å². The number of hydrogen-bond acceptors (Lipinski definition) is 3. The number of likely N-dealkylation sites (tertiary alicyclic amines) is 1. The van der Waals surface area contributed by atoms with Gasteiger partial charge in [0.25, 0.3) is 0 Å². The molecule has 22 heavy (non-hydrogen) atoms. The number of benzene rings is 1. The van der Waals surface area contributed by atoms with Gasteiger partial charge in [0.15, 0.2) is 0 Å². The van der Waals surface area contributed by atoms with E-state index in [9.17, 15) is 4.79 Å². The highest BCUT2D eigenvalue weighted by molar-refractivity contribution is 5.79. The number of carbonyl (C=O) groups excluding carboxylic acids is 1. The summed E-state index contributed by atoms with van der Waals surface area (Å²) in [5.41, 5.74) is 3.18. The smallest absolute Gasteiger partial charge is 0.227 e. The minimum absolute atomic E-state index is 0.0516. The molecule has 0 bridgehead atoms. The van der Waals surface area contributed by atoms with Crippen LogP contribution in [-0.2, 0) is 11.2 Å². The molecule has 4 heteroatoms. The van der Waals surface area contributed by atoms with Gasteiger partial charge in [-0.15, -0.1) is 0 Å². The summed E-state index contributed by atoms with van der Waals surface area (Å²) in [6, 6.07) is 13.8. The van der Waals surface area contributed by atoms with Gasteiger partial charge in [0, 0.05) is 11.8 Å². The summed E-state index contributed by atoms with van der Waals surface area (Å²) in [4.78, 5) is 18.4. The summed E-state index contributed by atoms with van der Waals surface area (Å²) in [6.45, 7) is 5.25. The van der Waals surface area contributed by atoms with Gasteiger partial charge in [-0.2, -0.15) is 0 Å². The molecule has 1 saturated heterocycles. The molecule has 1 aliphatic rings. The van der Waals surface area contributed by atoms with E-state index in [-0.39, 0.29) is 12.0 Å². The van der Waals surface area contributed by atoms with E-state index in [1.54, 1.807) is 0 Å². The van der Waals surface area contributed by atoms with Gasteiger partial charge in [-0.3, -0.25) is 4.79 Å². The molecular formula is C18H20N2O2. The number of hydrogen-bond donors (Lipinski definition) is 0. The molecule has 2 aromatic rings. The molecule has 0 aliphatic carbocycles. The molecule has 1 aromatic carbocycles. The van der Waals surface area contributed by atoms with Crippen LogP contribution in [0.25, 0.3) is 0 Å². The third kappa shape index (κ3) is 3.45. The van der Waals surface area contributed by atoms with E-state index in [4.69, 9.17) is 4.74 Å². The lowest BCUT2D eigenvalue weighted by molar-refractivity contribution is -0.139. The first-order valence-corrected chi connectivity index (χ1v) is 7.54. The van der Waals surface area contributed by atoms with Crippen LogP contribution in [0.1, 0.15) is 16.8 Å². The topological polar surface area (TPSA) is 42.4 Å². The molecule has 1 aromatic heterocycles. The number of amides is 1. The first kappa shape index (κ1) is 14.6. The highest BCUT2D eigenvalue weighted by Gasteiger charge is 2.32. The van der Waals surface area contributed by atoms with Crippen LogP contribution in [0.15, 0.2) is 42.5 Å². The molecule has 1 aliphatic heterocycles. The van der Waals surface area contributed by atoms with E-state index >= 15 is 0 Å². The van der Waals surface area contributed by atoms with Gasteiger partial charge in [-0.25, -0.2) is 4.98 Å². The average Bonchev–Trinajstić information content (AvgIpc) is 2.42. The summed E-state index contributed by atoms with van der Waals surface area (Å²) in [6.07, 6.45) is 0.507. The minimum atomic E-state index is 0.0516. The zero-order valence-corrected chi connectivity index (χ0v) is 13.0. The fourth-order valence-electron chi connectivity index (χ4n) is 2.58. The molecule has 1 amide bonds. The predicted octanol–water partition coefficient (Wildman–Crippen LogP) is 2.53. The molecule has 4 nitrogen and oxygen atoms in total. The maximum atomic E-state index is 12.2. The van der Waals surface area contributed by atoms with Crippen molar-refractivity contribution in [1.29, 1.82) is 0 Å². The Labute approximate surface area is 130 Å². The standard InChI is InChI=1S/C18H20N2O2/c1-13-5-3-7-15(9-13)10-18(21)20-11-16(12-20)22-17-8-4-6-14(2)19-17/h3-9,16H,10-12H2,1-2H3. The highest BCUT2D eigenvalue weighted by Crippen LogP contribution is 2.18. The van der Waals surface area contributed by atoms with Crippen molar-refractivity contribution in [2.75, 3.05) is 13.1 Å². The Balaban J connectivity index is 1.49. The molecule has 2 heterocycles. The molecule has 1 fully saturated rings. The van der Waals surface area contributed by atoms with E-state index in [0.717, 1.165) is 11.3 Å². The average molecular weight is 296 g/mol. The van der Waals surface area contributed by atoms with Crippen LogP contribution in [0.5, 0.6) is 5.88 Å². The van der Waals surface area contributed by atoms with Gasteiger partial charge >= 0.3 is 0 Å². The van der Waals surface area contributed by atoms with Crippen molar-refractivity contribution in [3.05, 3.63) is 59.3 Å². The summed E-state index contributed by atoms with van der Waals surface area (Å²) in [5.74, 6) is 0.790. The van der Waals surface area contributed by atoms with Crippen LogP contribution >= 0.6 is 0 Å². The van der Waals surface area contributed by atoms with Gasteiger partial charge in [-0.05, 0) is 25.5 Å². The highest BCUT2D eigenvalue weighted by atomic mass is 16.5. The Bertz CT molecular complexity index is 678. The molecule has 0 N–H and O–H groups in total. The Kier molecular flexibility index (Phi) is 4.09. The summed E-state index contributed by atoms with van der Waals surface area (Å²) in [7, 11) is 0. The van der Waals surface area contributed by atoms with E-state index in [1.165, 1.54) is 5.56 Å². The van der Waals surface area contributed by atoms with Crippen molar-refractivity contribution in [3.8, 4) is 5.88 Å². The van der Waals surface area contributed by atoms with Crippen molar-refractivity contribution >= 4 is 5.91 Å². The molecule has 3 rings (SSSR count). The van der Waals surface area contributed by atoms with Crippen molar-refractivity contribution in [1.82, 2.24) is 9.88 Å². The second kappa shape index (κ2) is 6.18. The predicted molar refractivity (Wildman–Crippen MR) is 84.9 cm³/mol. The van der Waals surface area contributed by atoms with Crippen molar-refractivity contribution in [2.24, 2.45) is 0 Å². The first-order valence-electron chi connectivity index (χ1n) is 7.54. The molecule has 0 saturated carbocycles. The SMILES string of the molecule is Cc1cccc(CC(=O)N2CC(Oc3cccc(C)n3)C2)c1. The Morgan fingerprint density at radius 3 is 2.73 bits per heavy atom. The van der Waals surface area contributed by atoms with Crippen LogP contribution < -0.4 is 4.74 Å². The molecule has 0 unspecified atom stereocenters. The number of ether oxygens (including phenoxy) is 1. The number of pyridine rings is 1. The van der Waals surface area contributed by atoms with Gasteiger partial charge < -0.3 is 9.64 Å². The Morgan fingerprint density at radius 1 is 1.23 bits per heavy atom. The quantitative estimate of drug-likeness (QED) is 0.870. The van der Waals surface area contributed by atoms with Gasteiger partial charge in [0.2, 0.25) is 11.8 Å². The van der Waals surface area contributed by atoms with Gasteiger partial charge in [0.1, 0.15) is 6.10 Å². The van der Waals surface area contributed by atoms with Crippen LogP contribution in [-0.4, -0.2) is 35.0 Å². The third-order valence-corrected chi connectivity index (χ3v) is 3.79. The molecule has 0 spiro atoms. The summed E-state index contributed by atoms with van der Waals surface area (Å²) >= 11 is 0. The number of rotatable bonds is 4. The maximum Gasteiger partial charge on any atom is 0.227 e. The fourth-order valence-corrected chi connectivity index (χ4v) is 2.58. The van der Waals surface area contributed by atoms with Crippen molar-refractivity contribution in [3.63, 3.8) is 0 Å². The van der Waals surface area contributed by atoms with E-state index in [1.807, 2.05) is 55.1 Å². The lowest BCUT2D eigenvalue weighted by Gasteiger charge is -2.38. The molecule has 114 valence electrons. The van der Waals surface area contributed by atoms with Crippen LogP contribution in [0.2, 0.25) is 0 Å². The molecule has 0 atom stereocenters. The fraction of sp³-hybridized carbons (Fsp3) is 0.333. The largest absolute Gasteiger partial charge is 0.471 e. The normalized spacial score (nSPS) is 14.5. The van der Waals surface area contributed by atoms with Crippen LogP contribution in [0.4, 0.5) is 0 Å². The molecule has 0 radical (unpaired) electrons. The van der Waals surface area contributed by atoms with Crippen LogP contribution in [0, 0.1) is 13.8 Å². The lowest BCUT2D eigenvalue weighted by atomic mass is 10.1. The second-order valence-electron chi connectivity index (χ2n) is 5.82. The number of carbonyl (C=O) groups is 1. The lowest BCUT2D eigenvalue weighted by Crippen LogP contribution is -2.56. The van der Waals surface area contributed by atoms with Gasteiger partial charge in [0.05, 0.1) is 19.5 Å². The maximum absolute atomic E-state index is 12.2. The number of aromatic nitrogens is 1.